The standard InChI is InChI=1S/C12H21NO2/c1-13-8-4-7-10(12(14)15)11(13)9-5-2-3-6-9/h9-11H,2-8H2,1H3,(H,14,15). The van der Waals surface area contributed by atoms with E-state index in [1.807, 2.05) is 0 Å². The lowest BCUT2D eigenvalue weighted by atomic mass is 9.80. The molecular weight excluding hydrogens is 190 g/mol. The largest absolute Gasteiger partial charge is 0.481 e. The molecule has 1 aliphatic heterocycles. The summed E-state index contributed by atoms with van der Waals surface area (Å²) in [7, 11) is 2.10. The minimum Gasteiger partial charge on any atom is -0.481 e. The highest BCUT2D eigenvalue weighted by molar-refractivity contribution is 5.71. The fourth-order valence-corrected chi connectivity index (χ4v) is 3.44. The first-order valence-corrected chi connectivity index (χ1v) is 6.13. The maximum atomic E-state index is 11.2. The van der Waals surface area contributed by atoms with Crippen molar-refractivity contribution in [3.63, 3.8) is 0 Å². The lowest BCUT2D eigenvalue weighted by Crippen LogP contribution is -2.49. The summed E-state index contributed by atoms with van der Waals surface area (Å²) in [5.41, 5.74) is 0. The topological polar surface area (TPSA) is 40.5 Å². The Bertz CT molecular complexity index is 236. The molecule has 1 saturated heterocycles. The van der Waals surface area contributed by atoms with Crippen molar-refractivity contribution < 1.29 is 9.90 Å². The monoisotopic (exact) mass is 211 g/mol. The van der Waals surface area contributed by atoms with Crippen LogP contribution in [0.5, 0.6) is 0 Å². The molecule has 2 fully saturated rings. The van der Waals surface area contributed by atoms with Crippen LogP contribution in [0.3, 0.4) is 0 Å². The normalized spacial score (nSPS) is 34.5. The van der Waals surface area contributed by atoms with Gasteiger partial charge in [0.15, 0.2) is 0 Å². The van der Waals surface area contributed by atoms with Crippen LogP contribution in [0.25, 0.3) is 0 Å². The van der Waals surface area contributed by atoms with Crippen molar-refractivity contribution in [2.75, 3.05) is 13.6 Å². The van der Waals surface area contributed by atoms with Crippen LogP contribution in [0.4, 0.5) is 0 Å². The fourth-order valence-electron chi connectivity index (χ4n) is 3.44. The van der Waals surface area contributed by atoms with Gasteiger partial charge in [-0.25, -0.2) is 0 Å². The number of hydrogen-bond donors (Lipinski definition) is 1. The van der Waals surface area contributed by atoms with E-state index < -0.39 is 5.97 Å². The molecule has 2 aliphatic rings. The molecule has 86 valence electrons. The Kier molecular flexibility index (Phi) is 3.29. The SMILES string of the molecule is CN1CCCC(C(=O)O)C1C1CCCC1. The van der Waals surface area contributed by atoms with Gasteiger partial charge in [0.05, 0.1) is 5.92 Å². The van der Waals surface area contributed by atoms with Gasteiger partial charge in [-0.2, -0.15) is 0 Å². The number of likely N-dealkylation sites (tertiary alicyclic amines) is 1. The average Bonchev–Trinajstić information content (AvgIpc) is 2.70. The van der Waals surface area contributed by atoms with Crippen molar-refractivity contribution >= 4 is 5.97 Å². The third-order valence-corrected chi connectivity index (χ3v) is 4.15. The van der Waals surface area contributed by atoms with Crippen molar-refractivity contribution in [1.82, 2.24) is 4.90 Å². The van der Waals surface area contributed by atoms with Gasteiger partial charge in [0.1, 0.15) is 0 Å². The third-order valence-electron chi connectivity index (χ3n) is 4.15. The Balaban J connectivity index is 2.10. The zero-order chi connectivity index (χ0) is 10.8. The smallest absolute Gasteiger partial charge is 0.308 e. The highest BCUT2D eigenvalue weighted by Gasteiger charge is 2.39. The Morgan fingerprint density at radius 1 is 1.20 bits per heavy atom. The van der Waals surface area contributed by atoms with Crippen molar-refractivity contribution in [3.8, 4) is 0 Å². The number of piperidine rings is 1. The second-order valence-electron chi connectivity index (χ2n) is 5.10. The van der Waals surface area contributed by atoms with E-state index in [-0.39, 0.29) is 5.92 Å². The molecule has 0 radical (unpaired) electrons. The van der Waals surface area contributed by atoms with Gasteiger partial charge in [0, 0.05) is 6.04 Å². The maximum Gasteiger partial charge on any atom is 0.308 e. The quantitative estimate of drug-likeness (QED) is 0.759. The van der Waals surface area contributed by atoms with Crippen molar-refractivity contribution in [2.24, 2.45) is 11.8 Å². The van der Waals surface area contributed by atoms with Crippen molar-refractivity contribution in [3.05, 3.63) is 0 Å². The van der Waals surface area contributed by atoms with Crippen LogP contribution >= 0.6 is 0 Å². The van der Waals surface area contributed by atoms with Crippen LogP contribution in [0.2, 0.25) is 0 Å². The van der Waals surface area contributed by atoms with Crippen LogP contribution in [-0.4, -0.2) is 35.6 Å². The molecule has 1 saturated carbocycles. The molecular formula is C12H21NO2. The van der Waals surface area contributed by atoms with Gasteiger partial charge >= 0.3 is 5.97 Å². The van der Waals surface area contributed by atoms with Gasteiger partial charge in [-0.1, -0.05) is 12.8 Å². The van der Waals surface area contributed by atoms with Gasteiger partial charge in [0.25, 0.3) is 0 Å². The van der Waals surface area contributed by atoms with Gasteiger partial charge in [-0.15, -0.1) is 0 Å². The number of carbonyl (C=O) groups is 1. The summed E-state index contributed by atoms with van der Waals surface area (Å²) in [4.78, 5) is 13.5. The fraction of sp³-hybridized carbons (Fsp3) is 0.917. The Hall–Kier alpha value is -0.570. The zero-order valence-electron chi connectivity index (χ0n) is 9.48. The second kappa shape index (κ2) is 4.52. The van der Waals surface area contributed by atoms with Crippen molar-refractivity contribution in [1.29, 1.82) is 0 Å². The summed E-state index contributed by atoms with van der Waals surface area (Å²) in [6.45, 7) is 1.07. The van der Waals surface area contributed by atoms with E-state index in [1.165, 1.54) is 25.7 Å². The Labute approximate surface area is 91.5 Å². The van der Waals surface area contributed by atoms with E-state index >= 15 is 0 Å². The summed E-state index contributed by atoms with van der Waals surface area (Å²) < 4.78 is 0. The van der Waals surface area contributed by atoms with E-state index in [0.29, 0.717) is 12.0 Å². The van der Waals surface area contributed by atoms with Gasteiger partial charge in [-0.3, -0.25) is 4.79 Å². The van der Waals surface area contributed by atoms with Crippen LogP contribution in [0.1, 0.15) is 38.5 Å². The Morgan fingerprint density at radius 2 is 1.87 bits per heavy atom. The van der Waals surface area contributed by atoms with Crippen LogP contribution in [-0.2, 0) is 4.79 Å². The summed E-state index contributed by atoms with van der Waals surface area (Å²) >= 11 is 0. The van der Waals surface area contributed by atoms with Gasteiger partial charge in [-0.05, 0) is 45.2 Å². The first-order chi connectivity index (χ1) is 7.20. The number of nitrogens with zero attached hydrogens (tertiary/aromatic N) is 1. The minimum atomic E-state index is -0.585. The number of carboxylic acids is 1. The molecule has 1 heterocycles. The molecule has 0 spiro atoms. The lowest BCUT2D eigenvalue weighted by molar-refractivity contribution is -0.147. The molecule has 0 aromatic carbocycles. The van der Waals surface area contributed by atoms with Crippen LogP contribution in [0, 0.1) is 11.8 Å². The summed E-state index contributed by atoms with van der Waals surface area (Å²) in [5, 5.41) is 9.26. The average molecular weight is 211 g/mol. The second-order valence-corrected chi connectivity index (χ2v) is 5.10. The number of carboxylic acid groups (broad SMARTS) is 1. The molecule has 0 aromatic rings. The predicted molar refractivity (Wildman–Crippen MR) is 58.7 cm³/mol. The minimum absolute atomic E-state index is 0.119. The summed E-state index contributed by atoms with van der Waals surface area (Å²) in [6, 6.07) is 0.304. The van der Waals surface area contributed by atoms with E-state index in [1.54, 1.807) is 0 Å². The Morgan fingerprint density at radius 3 is 2.47 bits per heavy atom. The first kappa shape index (κ1) is 10.9. The maximum absolute atomic E-state index is 11.2. The molecule has 0 aromatic heterocycles. The molecule has 0 amide bonds. The summed E-state index contributed by atoms with van der Waals surface area (Å²) in [6.07, 6.45) is 6.97. The van der Waals surface area contributed by atoms with Crippen LogP contribution in [0.15, 0.2) is 0 Å². The highest BCUT2D eigenvalue weighted by Crippen LogP contribution is 2.37. The molecule has 2 rings (SSSR count). The molecule has 15 heavy (non-hydrogen) atoms. The van der Waals surface area contributed by atoms with E-state index in [2.05, 4.69) is 11.9 Å². The first-order valence-electron chi connectivity index (χ1n) is 6.13. The van der Waals surface area contributed by atoms with E-state index in [0.717, 1.165) is 19.4 Å². The molecule has 0 bridgehead atoms. The third kappa shape index (κ3) is 2.17. The van der Waals surface area contributed by atoms with Crippen LogP contribution < -0.4 is 0 Å². The molecule has 3 nitrogen and oxygen atoms in total. The molecule has 3 heteroatoms. The number of aliphatic carboxylic acids is 1. The van der Waals surface area contributed by atoms with Gasteiger partial charge in [0.2, 0.25) is 0 Å². The molecule has 1 N–H and O–H groups in total. The number of hydrogen-bond acceptors (Lipinski definition) is 2. The molecule has 1 aliphatic carbocycles. The zero-order valence-corrected chi connectivity index (χ0v) is 9.48. The lowest BCUT2D eigenvalue weighted by Gasteiger charge is -2.40. The predicted octanol–water partition coefficient (Wildman–Crippen LogP) is 1.97. The van der Waals surface area contributed by atoms with Gasteiger partial charge < -0.3 is 10.0 Å². The summed E-state index contributed by atoms with van der Waals surface area (Å²) in [5.74, 6) is -0.0679. The number of rotatable bonds is 2. The van der Waals surface area contributed by atoms with E-state index in [9.17, 15) is 9.90 Å². The molecule has 2 unspecified atom stereocenters. The van der Waals surface area contributed by atoms with E-state index in [4.69, 9.17) is 0 Å². The van der Waals surface area contributed by atoms with Crippen molar-refractivity contribution in [2.45, 2.75) is 44.6 Å². The highest BCUT2D eigenvalue weighted by atomic mass is 16.4. The molecule has 2 atom stereocenters.